The van der Waals surface area contributed by atoms with E-state index in [4.69, 9.17) is 0 Å². The molecule has 23 heavy (non-hydrogen) atoms. The third-order valence-corrected chi connectivity index (χ3v) is 6.21. The summed E-state index contributed by atoms with van der Waals surface area (Å²) in [6, 6.07) is 9.87. The second kappa shape index (κ2) is 7.23. The van der Waals surface area contributed by atoms with Crippen LogP contribution in [-0.4, -0.2) is 51.2 Å². The van der Waals surface area contributed by atoms with Crippen LogP contribution >= 0.6 is 0 Å². The molecule has 0 atom stereocenters. The van der Waals surface area contributed by atoms with Crippen molar-refractivity contribution >= 4 is 5.69 Å². The third-order valence-electron chi connectivity index (χ3n) is 6.21. The second-order valence-electron chi connectivity index (χ2n) is 7.56. The number of para-hydroxylation sites is 1. The lowest BCUT2D eigenvalue weighted by Crippen LogP contribution is -2.50. The van der Waals surface area contributed by atoms with Gasteiger partial charge in [-0.3, -0.25) is 0 Å². The highest BCUT2D eigenvalue weighted by Gasteiger charge is 2.38. The summed E-state index contributed by atoms with van der Waals surface area (Å²) in [7, 11) is 4.35. The van der Waals surface area contributed by atoms with Gasteiger partial charge in [0, 0.05) is 25.8 Å². The first-order valence-electron chi connectivity index (χ1n) is 9.38. The molecule has 3 rings (SSSR count). The molecule has 1 N–H and O–H groups in total. The van der Waals surface area contributed by atoms with E-state index in [0.29, 0.717) is 5.41 Å². The van der Waals surface area contributed by atoms with Gasteiger partial charge in [0.15, 0.2) is 0 Å². The highest BCUT2D eigenvalue weighted by atomic mass is 15.2. The minimum absolute atomic E-state index is 0.365. The molecular formula is C20H33N3. The average Bonchev–Trinajstić information content (AvgIpc) is 2.62. The van der Waals surface area contributed by atoms with Crippen molar-refractivity contribution in [2.75, 3.05) is 45.2 Å². The van der Waals surface area contributed by atoms with Crippen LogP contribution in [0.15, 0.2) is 24.3 Å². The summed E-state index contributed by atoms with van der Waals surface area (Å²) in [6.07, 6.45) is 6.51. The first-order valence-corrected chi connectivity index (χ1v) is 9.38. The Labute approximate surface area is 142 Å². The third kappa shape index (κ3) is 3.41. The van der Waals surface area contributed by atoms with E-state index in [-0.39, 0.29) is 0 Å². The van der Waals surface area contributed by atoms with E-state index >= 15 is 0 Å². The van der Waals surface area contributed by atoms with E-state index < -0.39 is 0 Å². The molecule has 0 spiro atoms. The SMILES string of the molecule is CCC1(c2ccccc2N(C)C)CCN(C2CCNCC2)CC1. The Balaban J connectivity index is 1.76. The zero-order valence-corrected chi connectivity index (χ0v) is 15.1. The molecule has 2 saturated heterocycles. The van der Waals surface area contributed by atoms with Crippen LogP contribution in [0.1, 0.15) is 44.6 Å². The summed E-state index contributed by atoms with van der Waals surface area (Å²) in [4.78, 5) is 5.05. The number of piperidine rings is 2. The molecule has 0 amide bonds. The molecular weight excluding hydrogens is 282 g/mol. The lowest BCUT2D eigenvalue weighted by molar-refractivity contribution is 0.0943. The molecule has 3 heteroatoms. The summed E-state index contributed by atoms with van der Waals surface area (Å²) in [5.74, 6) is 0. The van der Waals surface area contributed by atoms with Crippen molar-refractivity contribution < 1.29 is 0 Å². The summed E-state index contributed by atoms with van der Waals surface area (Å²) >= 11 is 0. The first kappa shape index (κ1) is 16.8. The predicted molar refractivity (Wildman–Crippen MR) is 99.4 cm³/mol. The van der Waals surface area contributed by atoms with Crippen LogP contribution in [0, 0.1) is 0 Å². The lowest BCUT2D eigenvalue weighted by Gasteiger charge is -2.46. The molecule has 0 aromatic heterocycles. The van der Waals surface area contributed by atoms with Crippen molar-refractivity contribution in [2.45, 2.75) is 50.5 Å². The minimum Gasteiger partial charge on any atom is -0.377 e. The molecule has 2 fully saturated rings. The lowest BCUT2D eigenvalue weighted by atomic mass is 9.70. The van der Waals surface area contributed by atoms with Gasteiger partial charge in [0.1, 0.15) is 0 Å². The van der Waals surface area contributed by atoms with Crippen molar-refractivity contribution in [3.05, 3.63) is 29.8 Å². The number of benzene rings is 1. The van der Waals surface area contributed by atoms with Gasteiger partial charge in [0.05, 0.1) is 0 Å². The van der Waals surface area contributed by atoms with E-state index in [1.54, 1.807) is 5.56 Å². The highest BCUT2D eigenvalue weighted by Crippen LogP contribution is 2.43. The fourth-order valence-electron chi connectivity index (χ4n) is 4.61. The molecule has 0 bridgehead atoms. The van der Waals surface area contributed by atoms with Gasteiger partial charge < -0.3 is 15.1 Å². The van der Waals surface area contributed by atoms with E-state index in [9.17, 15) is 0 Å². The maximum Gasteiger partial charge on any atom is 0.0399 e. The van der Waals surface area contributed by atoms with Gasteiger partial charge in [-0.2, -0.15) is 0 Å². The number of anilines is 1. The van der Waals surface area contributed by atoms with Crippen LogP contribution in [0.5, 0.6) is 0 Å². The Morgan fingerprint density at radius 1 is 1.13 bits per heavy atom. The quantitative estimate of drug-likeness (QED) is 0.920. The highest BCUT2D eigenvalue weighted by molar-refractivity contribution is 5.56. The number of hydrogen-bond donors (Lipinski definition) is 1. The smallest absolute Gasteiger partial charge is 0.0399 e. The summed E-state index contributed by atoms with van der Waals surface area (Å²) < 4.78 is 0. The van der Waals surface area contributed by atoms with Gasteiger partial charge >= 0.3 is 0 Å². The normalized spacial score (nSPS) is 22.9. The fraction of sp³-hybridized carbons (Fsp3) is 0.700. The van der Waals surface area contributed by atoms with Gasteiger partial charge in [-0.05, 0) is 75.3 Å². The molecule has 2 aliphatic rings. The van der Waals surface area contributed by atoms with Crippen molar-refractivity contribution in [1.82, 2.24) is 10.2 Å². The standard InChI is InChI=1S/C20H33N3/c1-4-20(18-7-5-6-8-19(18)22(2)3)11-15-23(16-12-20)17-9-13-21-14-10-17/h5-8,17,21H,4,9-16H2,1-3H3. The van der Waals surface area contributed by atoms with Gasteiger partial charge in [0.2, 0.25) is 0 Å². The largest absolute Gasteiger partial charge is 0.377 e. The maximum atomic E-state index is 3.49. The van der Waals surface area contributed by atoms with Gasteiger partial charge in [-0.1, -0.05) is 25.1 Å². The molecule has 0 saturated carbocycles. The van der Waals surface area contributed by atoms with Crippen molar-refractivity contribution in [3.8, 4) is 0 Å². The van der Waals surface area contributed by atoms with E-state index in [2.05, 4.69) is 60.4 Å². The number of nitrogens with zero attached hydrogens (tertiary/aromatic N) is 2. The number of hydrogen-bond acceptors (Lipinski definition) is 3. The molecule has 0 radical (unpaired) electrons. The molecule has 2 aliphatic heterocycles. The summed E-state index contributed by atoms with van der Waals surface area (Å²) in [6.45, 7) is 7.31. The van der Waals surface area contributed by atoms with Gasteiger partial charge in [-0.25, -0.2) is 0 Å². The number of nitrogens with one attached hydrogen (secondary N) is 1. The minimum atomic E-state index is 0.365. The van der Waals surface area contributed by atoms with Gasteiger partial charge in [0.25, 0.3) is 0 Å². The Morgan fingerprint density at radius 3 is 2.39 bits per heavy atom. The van der Waals surface area contributed by atoms with Crippen LogP contribution < -0.4 is 10.2 Å². The second-order valence-corrected chi connectivity index (χ2v) is 7.56. The number of likely N-dealkylation sites (tertiary alicyclic amines) is 1. The summed E-state index contributed by atoms with van der Waals surface area (Å²) in [5, 5.41) is 3.49. The molecule has 0 aliphatic carbocycles. The van der Waals surface area contributed by atoms with Crippen LogP contribution in [0.25, 0.3) is 0 Å². The zero-order chi connectivity index (χ0) is 16.3. The average molecular weight is 316 g/mol. The molecule has 1 aromatic carbocycles. The van der Waals surface area contributed by atoms with Gasteiger partial charge in [-0.15, -0.1) is 0 Å². The van der Waals surface area contributed by atoms with E-state index in [1.807, 2.05) is 0 Å². The maximum absolute atomic E-state index is 3.49. The Kier molecular flexibility index (Phi) is 5.27. The van der Waals surface area contributed by atoms with Crippen LogP contribution in [0.3, 0.4) is 0 Å². The summed E-state index contributed by atoms with van der Waals surface area (Å²) in [5.41, 5.74) is 3.34. The first-order chi connectivity index (χ1) is 11.2. The van der Waals surface area contributed by atoms with E-state index in [1.165, 1.54) is 64.0 Å². The Hall–Kier alpha value is -1.06. The monoisotopic (exact) mass is 315 g/mol. The van der Waals surface area contributed by atoms with Crippen LogP contribution in [0.4, 0.5) is 5.69 Å². The zero-order valence-electron chi connectivity index (χ0n) is 15.1. The fourth-order valence-corrected chi connectivity index (χ4v) is 4.61. The molecule has 1 aromatic rings. The number of rotatable bonds is 4. The van der Waals surface area contributed by atoms with E-state index in [0.717, 1.165) is 6.04 Å². The Bertz CT molecular complexity index is 497. The Morgan fingerprint density at radius 2 is 1.78 bits per heavy atom. The molecule has 0 unspecified atom stereocenters. The molecule has 128 valence electrons. The topological polar surface area (TPSA) is 18.5 Å². The van der Waals surface area contributed by atoms with Crippen molar-refractivity contribution in [3.63, 3.8) is 0 Å². The van der Waals surface area contributed by atoms with Crippen LogP contribution in [-0.2, 0) is 5.41 Å². The van der Waals surface area contributed by atoms with Crippen molar-refractivity contribution in [2.24, 2.45) is 0 Å². The van der Waals surface area contributed by atoms with Crippen molar-refractivity contribution in [1.29, 1.82) is 0 Å². The predicted octanol–water partition coefficient (Wildman–Crippen LogP) is 3.25. The molecule has 2 heterocycles. The molecule has 3 nitrogen and oxygen atoms in total. The van der Waals surface area contributed by atoms with Crippen LogP contribution in [0.2, 0.25) is 0 Å².